The summed E-state index contributed by atoms with van der Waals surface area (Å²) in [4.78, 5) is 14.6. The second-order valence-corrected chi connectivity index (χ2v) is 4.03. The van der Waals surface area contributed by atoms with Crippen LogP contribution in [0.3, 0.4) is 0 Å². The number of anilines is 1. The zero-order valence-corrected chi connectivity index (χ0v) is 9.56. The summed E-state index contributed by atoms with van der Waals surface area (Å²) in [7, 11) is 0. The second kappa shape index (κ2) is 4.42. The molecule has 2 rings (SSSR count). The van der Waals surface area contributed by atoms with Gasteiger partial charge in [-0.25, -0.2) is 9.78 Å². The fourth-order valence-corrected chi connectivity index (χ4v) is 1.79. The molecule has 2 heterocycles. The van der Waals surface area contributed by atoms with Gasteiger partial charge in [0.05, 0.1) is 5.69 Å². The summed E-state index contributed by atoms with van der Waals surface area (Å²) in [5, 5.41) is 16.8. The van der Waals surface area contributed by atoms with Crippen molar-refractivity contribution < 1.29 is 14.3 Å². The monoisotopic (exact) mass is 252 g/mol. The molecule has 0 saturated carbocycles. The maximum absolute atomic E-state index is 10.8. The molecule has 3 N–H and O–H groups in total. The molecule has 88 valence electrons. The molecule has 0 fully saturated rings. The summed E-state index contributed by atoms with van der Waals surface area (Å²) in [6.07, 6.45) is 0. The first kappa shape index (κ1) is 11.4. The van der Waals surface area contributed by atoms with Crippen molar-refractivity contribution in [2.45, 2.75) is 17.2 Å². The molecular weight excluding hydrogens is 244 g/mol. The highest BCUT2D eigenvalue weighted by atomic mass is 32.2. The summed E-state index contributed by atoms with van der Waals surface area (Å²) in [5.41, 5.74) is 5.95. The molecule has 2 aromatic heterocycles. The second-order valence-electron chi connectivity index (χ2n) is 3.09. The number of aromatic carboxylic acids is 1. The van der Waals surface area contributed by atoms with Crippen molar-refractivity contribution in [3.05, 3.63) is 23.7 Å². The number of hydrogen-bond donors (Lipinski definition) is 2. The topological polar surface area (TPSA) is 115 Å². The molecule has 17 heavy (non-hydrogen) atoms. The minimum Gasteiger partial charge on any atom is -0.477 e. The molecule has 0 aromatic carbocycles. The Morgan fingerprint density at radius 1 is 1.47 bits per heavy atom. The van der Waals surface area contributed by atoms with E-state index in [-0.39, 0.29) is 10.9 Å². The molecule has 0 unspecified atom stereocenters. The lowest BCUT2D eigenvalue weighted by Gasteiger charge is -2.02. The Balaban J connectivity index is 2.31. The van der Waals surface area contributed by atoms with Gasteiger partial charge >= 0.3 is 5.97 Å². The maximum Gasteiger partial charge on any atom is 0.354 e. The van der Waals surface area contributed by atoms with Crippen LogP contribution in [0.15, 0.2) is 26.8 Å². The zero-order chi connectivity index (χ0) is 12.4. The van der Waals surface area contributed by atoms with Crippen LogP contribution in [0, 0.1) is 6.92 Å². The van der Waals surface area contributed by atoms with E-state index < -0.39 is 5.97 Å². The summed E-state index contributed by atoms with van der Waals surface area (Å²) in [6.45, 7) is 1.65. The number of pyridine rings is 1. The van der Waals surface area contributed by atoms with E-state index in [4.69, 9.17) is 15.3 Å². The van der Waals surface area contributed by atoms with Gasteiger partial charge in [-0.2, -0.15) is 0 Å². The van der Waals surface area contributed by atoms with Crippen LogP contribution in [0.1, 0.15) is 16.4 Å². The maximum atomic E-state index is 10.8. The average molecular weight is 252 g/mol. The molecule has 0 atom stereocenters. The van der Waals surface area contributed by atoms with Gasteiger partial charge in [0.1, 0.15) is 10.7 Å². The summed E-state index contributed by atoms with van der Waals surface area (Å²) in [5.74, 6) is -0.700. The number of rotatable bonds is 3. The van der Waals surface area contributed by atoms with E-state index in [2.05, 4.69) is 15.2 Å². The van der Waals surface area contributed by atoms with Crippen LogP contribution >= 0.6 is 11.8 Å². The van der Waals surface area contributed by atoms with E-state index in [9.17, 15) is 4.79 Å². The van der Waals surface area contributed by atoms with Crippen LogP contribution in [-0.4, -0.2) is 26.3 Å². The summed E-state index contributed by atoms with van der Waals surface area (Å²) < 4.78 is 5.14. The SMILES string of the molecule is Cc1nnc(Sc2nc(C(=O)O)ccc2N)o1. The predicted molar refractivity (Wildman–Crippen MR) is 58.8 cm³/mol. The number of carboxylic acid groups (broad SMARTS) is 1. The van der Waals surface area contributed by atoms with E-state index in [0.717, 1.165) is 11.8 Å². The highest BCUT2D eigenvalue weighted by Gasteiger charge is 2.12. The first-order valence-corrected chi connectivity index (χ1v) is 5.35. The fourth-order valence-electron chi connectivity index (χ4n) is 1.05. The smallest absolute Gasteiger partial charge is 0.354 e. The van der Waals surface area contributed by atoms with Gasteiger partial charge < -0.3 is 15.3 Å². The Hall–Kier alpha value is -2.09. The lowest BCUT2D eigenvalue weighted by atomic mass is 10.3. The van der Waals surface area contributed by atoms with Crippen LogP contribution in [0.25, 0.3) is 0 Å². The van der Waals surface area contributed by atoms with Crippen LogP contribution in [0.4, 0.5) is 5.69 Å². The van der Waals surface area contributed by atoms with Gasteiger partial charge in [0.15, 0.2) is 0 Å². The van der Waals surface area contributed by atoms with Gasteiger partial charge in [-0.3, -0.25) is 0 Å². The number of hydrogen-bond acceptors (Lipinski definition) is 7. The van der Waals surface area contributed by atoms with Crippen molar-refractivity contribution in [3.63, 3.8) is 0 Å². The third kappa shape index (κ3) is 2.53. The molecule has 8 heteroatoms. The highest BCUT2D eigenvalue weighted by Crippen LogP contribution is 2.29. The Morgan fingerprint density at radius 3 is 2.82 bits per heavy atom. The number of aryl methyl sites for hydroxylation is 1. The molecule has 0 radical (unpaired) electrons. The van der Waals surface area contributed by atoms with Crippen molar-refractivity contribution in [3.8, 4) is 0 Å². The van der Waals surface area contributed by atoms with Gasteiger partial charge in [0, 0.05) is 6.92 Å². The zero-order valence-electron chi connectivity index (χ0n) is 8.75. The van der Waals surface area contributed by atoms with Crippen LogP contribution in [0.5, 0.6) is 0 Å². The third-order valence-corrected chi connectivity index (χ3v) is 2.66. The van der Waals surface area contributed by atoms with Crippen molar-refractivity contribution in [1.29, 1.82) is 0 Å². The van der Waals surface area contributed by atoms with Crippen LogP contribution < -0.4 is 5.73 Å². The Labute approximate surface area is 100 Å². The van der Waals surface area contributed by atoms with E-state index in [1.54, 1.807) is 6.92 Å². The van der Waals surface area contributed by atoms with E-state index >= 15 is 0 Å². The van der Waals surface area contributed by atoms with Gasteiger partial charge in [0.25, 0.3) is 5.22 Å². The minimum atomic E-state index is -1.12. The first-order valence-electron chi connectivity index (χ1n) is 4.54. The predicted octanol–water partition coefficient (Wildman–Crippen LogP) is 1.20. The summed E-state index contributed by atoms with van der Waals surface area (Å²) in [6, 6.07) is 2.81. The number of carbonyl (C=O) groups is 1. The van der Waals surface area contributed by atoms with Crippen molar-refractivity contribution in [2.24, 2.45) is 0 Å². The fraction of sp³-hybridized carbons (Fsp3) is 0.111. The quantitative estimate of drug-likeness (QED) is 0.837. The Kier molecular flexibility index (Phi) is 2.96. The average Bonchev–Trinajstić information content (AvgIpc) is 2.67. The molecular formula is C9H8N4O3S. The number of carboxylic acids is 1. The molecule has 0 saturated heterocycles. The molecule has 0 aliphatic rings. The summed E-state index contributed by atoms with van der Waals surface area (Å²) >= 11 is 1.03. The number of nitrogen functional groups attached to an aromatic ring is 1. The lowest BCUT2D eigenvalue weighted by Crippen LogP contribution is -2.02. The molecule has 2 aromatic rings. The third-order valence-electron chi connectivity index (χ3n) is 1.80. The normalized spacial score (nSPS) is 10.4. The molecule has 0 bridgehead atoms. The first-order chi connectivity index (χ1) is 8.06. The van der Waals surface area contributed by atoms with Crippen molar-refractivity contribution >= 4 is 23.4 Å². The Morgan fingerprint density at radius 2 is 2.24 bits per heavy atom. The number of nitrogens with zero attached hydrogens (tertiary/aromatic N) is 3. The van der Waals surface area contributed by atoms with Crippen molar-refractivity contribution in [2.75, 3.05) is 5.73 Å². The molecule has 0 aliphatic heterocycles. The van der Waals surface area contributed by atoms with Gasteiger partial charge in [-0.15, -0.1) is 10.2 Å². The highest BCUT2D eigenvalue weighted by molar-refractivity contribution is 7.99. The molecule has 0 aliphatic carbocycles. The van der Waals surface area contributed by atoms with Gasteiger partial charge in [0.2, 0.25) is 5.89 Å². The van der Waals surface area contributed by atoms with Gasteiger partial charge in [-0.1, -0.05) is 0 Å². The number of aromatic nitrogens is 3. The number of nitrogens with two attached hydrogens (primary N) is 1. The van der Waals surface area contributed by atoms with E-state index in [1.165, 1.54) is 12.1 Å². The van der Waals surface area contributed by atoms with Crippen LogP contribution in [0.2, 0.25) is 0 Å². The van der Waals surface area contributed by atoms with Crippen LogP contribution in [-0.2, 0) is 0 Å². The van der Waals surface area contributed by atoms with E-state index in [0.29, 0.717) is 16.6 Å². The molecule has 0 amide bonds. The largest absolute Gasteiger partial charge is 0.477 e. The van der Waals surface area contributed by atoms with Gasteiger partial charge in [-0.05, 0) is 23.9 Å². The molecule has 7 nitrogen and oxygen atoms in total. The van der Waals surface area contributed by atoms with E-state index in [1.807, 2.05) is 0 Å². The standard InChI is InChI=1S/C9H8N4O3S/c1-4-12-13-9(16-4)17-7-5(10)2-3-6(11-7)8(14)15/h2-3H,10H2,1H3,(H,14,15). The Bertz CT molecular complexity index is 569. The molecule has 0 spiro atoms. The lowest BCUT2D eigenvalue weighted by molar-refractivity contribution is 0.0690. The van der Waals surface area contributed by atoms with Crippen molar-refractivity contribution in [1.82, 2.24) is 15.2 Å². The minimum absolute atomic E-state index is 0.0852.